The van der Waals surface area contributed by atoms with Crippen molar-refractivity contribution in [2.75, 3.05) is 25.0 Å². The van der Waals surface area contributed by atoms with E-state index in [1.54, 1.807) is 18.2 Å². The van der Waals surface area contributed by atoms with Crippen molar-refractivity contribution in [1.82, 2.24) is 4.90 Å². The van der Waals surface area contributed by atoms with Gasteiger partial charge in [0.1, 0.15) is 0 Å². The number of carbonyl (C=O) groups is 2. The molecular weight excluding hydrogens is 349 g/mol. The number of halogens is 4. The molecule has 0 radical (unpaired) electrons. The number of alkyl halides is 3. The lowest BCUT2D eigenvalue weighted by atomic mass is 9.96. The third-order valence-electron chi connectivity index (χ3n) is 3.80. The van der Waals surface area contributed by atoms with E-state index >= 15 is 0 Å². The molecule has 0 saturated carbocycles. The number of nitrogens with zero attached hydrogens (tertiary/aromatic N) is 1. The van der Waals surface area contributed by atoms with Gasteiger partial charge in [0.05, 0.1) is 18.4 Å². The molecule has 0 unspecified atom stereocenters. The van der Waals surface area contributed by atoms with Crippen LogP contribution in [0.3, 0.4) is 0 Å². The highest BCUT2D eigenvalue weighted by Gasteiger charge is 2.52. The van der Waals surface area contributed by atoms with E-state index in [4.69, 9.17) is 5.11 Å². The predicted octanol–water partition coefficient (Wildman–Crippen LogP) is 2.55. The van der Waals surface area contributed by atoms with Crippen LogP contribution in [0.1, 0.15) is 5.56 Å². The lowest BCUT2D eigenvalue weighted by Gasteiger charge is -2.18. The zero-order chi connectivity index (χ0) is 17.2. The number of carboxylic acid groups (broad SMARTS) is 1. The van der Waals surface area contributed by atoms with Crippen molar-refractivity contribution in [2.45, 2.75) is 13.1 Å². The molecule has 2 atom stereocenters. The van der Waals surface area contributed by atoms with Crippen LogP contribution in [0.2, 0.25) is 0 Å². The molecule has 0 spiro atoms. The molecule has 1 fully saturated rings. The van der Waals surface area contributed by atoms with Crippen LogP contribution in [0.4, 0.5) is 18.9 Å². The summed E-state index contributed by atoms with van der Waals surface area (Å²) >= 11 is 0. The summed E-state index contributed by atoms with van der Waals surface area (Å²) in [4.78, 5) is 24.1. The van der Waals surface area contributed by atoms with Crippen molar-refractivity contribution in [3.63, 3.8) is 0 Å². The van der Waals surface area contributed by atoms with Crippen LogP contribution in [-0.2, 0) is 9.59 Å². The molecule has 1 amide bonds. The Kier molecular flexibility index (Phi) is 6.62. The minimum Gasteiger partial charge on any atom is -0.481 e. The lowest BCUT2D eigenvalue weighted by molar-refractivity contribution is -0.188. The van der Waals surface area contributed by atoms with Gasteiger partial charge in [0.2, 0.25) is 5.91 Å². The Morgan fingerprint density at radius 2 is 2.00 bits per heavy atom. The van der Waals surface area contributed by atoms with Crippen LogP contribution < -0.4 is 5.32 Å². The highest BCUT2D eigenvalue weighted by molar-refractivity contribution is 5.92. The van der Waals surface area contributed by atoms with Gasteiger partial charge in [0.15, 0.2) is 0 Å². The molecule has 134 valence electrons. The number of aryl methyl sites for hydroxylation is 1. The van der Waals surface area contributed by atoms with Crippen molar-refractivity contribution < 1.29 is 27.9 Å². The number of carboxylic acids is 1. The molecule has 1 saturated heterocycles. The van der Waals surface area contributed by atoms with Crippen LogP contribution in [0, 0.1) is 18.8 Å². The zero-order valence-corrected chi connectivity index (χ0v) is 13.7. The first-order chi connectivity index (χ1) is 10.7. The maximum absolute atomic E-state index is 12.9. The van der Waals surface area contributed by atoms with E-state index in [0.29, 0.717) is 5.69 Å². The maximum atomic E-state index is 12.9. The lowest BCUT2D eigenvalue weighted by Crippen LogP contribution is -2.34. The highest BCUT2D eigenvalue weighted by atomic mass is 35.5. The third-order valence-corrected chi connectivity index (χ3v) is 3.80. The molecular formula is C15H18ClF3N2O3. The molecule has 2 rings (SSSR count). The van der Waals surface area contributed by atoms with Crippen LogP contribution in [0.25, 0.3) is 0 Å². The predicted molar refractivity (Wildman–Crippen MR) is 84.2 cm³/mol. The van der Waals surface area contributed by atoms with Gasteiger partial charge in [-0.1, -0.05) is 12.1 Å². The second-order valence-electron chi connectivity index (χ2n) is 5.70. The molecule has 0 bridgehead atoms. The minimum atomic E-state index is -4.59. The molecule has 1 aliphatic heterocycles. The Balaban J connectivity index is 0.00000288. The van der Waals surface area contributed by atoms with Crippen molar-refractivity contribution in [1.29, 1.82) is 0 Å². The van der Waals surface area contributed by atoms with Crippen molar-refractivity contribution in [2.24, 2.45) is 11.8 Å². The summed E-state index contributed by atoms with van der Waals surface area (Å²) in [5.74, 6) is -5.45. The van der Waals surface area contributed by atoms with Gasteiger partial charge in [0.25, 0.3) is 0 Å². The summed E-state index contributed by atoms with van der Waals surface area (Å²) in [5.41, 5.74) is 1.49. The molecule has 0 aromatic heterocycles. The fraction of sp³-hybridized carbons (Fsp3) is 0.467. The molecule has 5 nitrogen and oxygen atoms in total. The van der Waals surface area contributed by atoms with Gasteiger partial charge in [-0.15, -0.1) is 12.4 Å². The molecule has 0 aliphatic carbocycles. The van der Waals surface area contributed by atoms with Gasteiger partial charge in [-0.2, -0.15) is 13.2 Å². The second-order valence-corrected chi connectivity index (χ2v) is 5.70. The van der Waals surface area contributed by atoms with Gasteiger partial charge in [-0.05, 0) is 24.6 Å². The van der Waals surface area contributed by atoms with Crippen molar-refractivity contribution >= 4 is 30.0 Å². The number of hydrogen-bond donors (Lipinski definition) is 2. The molecule has 2 N–H and O–H groups in total. The Morgan fingerprint density at radius 1 is 1.33 bits per heavy atom. The summed E-state index contributed by atoms with van der Waals surface area (Å²) in [6.07, 6.45) is -4.59. The Morgan fingerprint density at radius 3 is 2.50 bits per heavy atom. The fourth-order valence-electron chi connectivity index (χ4n) is 2.72. The van der Waals surface area contributed by atoms with Gasteiger partial charge >= 0.3 is 12.1 Å². The average molecular weight is 367 g/mol. The topological polar surface area (TPSA) is 69.6 Å². The van der Waals surface area contributed by atoms with Crippen molar-refractivity contribution in [3.8, 4) is 0 Å². The summed E-state index contributed by atoms with van der Waals surface area (Å²) in [5, 5.41) is 11.5. The second kappa shape index (κ2) is 7.85. The third kappa shape index (κ3) is 5.10. The summed E-state index contributed by atoms with van der Waals surface area (Å²) in [6.45, 7) is 0.800. The van der Waals surface area contributed by atoms with E-state index in [1.165, 1.54) is 4.90 Å². The number of benzene rings is 1. The van der Waals surface area contributed by atoms with Crippen molar-refractivity contribution in [3.05, 3.63) is 29.8 Å². The average Bonchev–Trinajstić information content (AvgIpc) is 2.82. The molecule has 9 heteroatoms. The number of rotatable bonds is 4. The van der Waals surface area contributed by atoms with Gasteiger partial charge in [0, 0.05) is 18.8 Å². The van der Waals surface area contributed by atoms with E-state index in [2.05, 4.69) is 5.32 Å². The number of amides is 1. The normalized spacial score (nSPS) is 21.2. The number of anilines is 1. The number of hydrogen-bond acceptors (Lipinski definition) is 3. The van der Waals surface area contributed by atoms with E-state index < -0.39 is 36.4 Å². The van der Waals surface area contributed by atoms with Crippen LogP contribution in [0.5, 0.6) is 0 Å². The summed E-state index contributed by atoms with van der Waals surface area (Å²) in [6, 6.07) is 7.01. The summed E-state index contributed by atoms with van der Waals surface area (Å²) < 4.78 is 38.6. The first-order valence-corrected chi connectivity index (χ1v) is 7.05. The van der Waals surface area contributed by atoms with Gasteiger partial charge < -0.3 is 10.4 Å². The Bertz CT molecular complexity index is 610. The van der Waals surface area contributed by atoms with E-state index in [1.807, 2.05) is 13.0 Å². The first-order valence-electron chi connectivity index (χ1n) is 7.05. The van der Waals surface area contributed by atoms with Crippen LogP contribution in [0.15, 0.2) is 24.3 Å². The SMILES string of the molecule is Cc1cccc(NC(=O)CN2C[C@@H](C(F)(F)F)[C@H](C(=O)O)C2)c1.Cl. The number of carbonyl (C=O) groups excluding carboxylic acids is 1. The molecule has 1 aromatic carbocycles. The first kappa shape index (κ1) is 20.2. The van der Waals surface area contributed by atoms with E-state index in [9.17, 15) is 22.8 Å². The van der Waals surface area contributed by atoms with E-state index in [-0.39, 0.29) is 25.5 Å². The zero-order valence-electron chi connectivity index (χ0n) is 12.8. The summed E-state index contributed by atoms with van der Waals surface area (Å²) in [7, 11) is 0. The standard InChI is InChI=1S/C15H17F3N2O3.ClH/c1-9-3-2-4-10(5-9)19-13(21)8-20-6-11(14(22)23)12(7-20)15(16,17)18;/h2-5,11-12H,6-8H2,1H3,(H,19,21)(H,22,23);1H/t11-,12-;/m1./s1. The smallest absolute Gasteiger partial charge is 0.393 e. The fourth-order valence-corrected chi connectivity index (χ4v) is 2.72. The highest BCUT2D eigenvalue weighted by Crippen LogP contribution is 2.37. The quantitative estimate of drug-likeness (QED) is 0.859. The molecule has 24 heavy (non-hydrogen) atoms. The van der Waals surface area contributed by atoms with Gasteiger partial charge in [-0.3, -0.25) is 14.5 Å². The van der Waals surface area contributed by atoms with Gasteiger partial charge in [-0.25, -0.2) is 0 Å². The maximum Gasteiger partial charge on any atom is 0.393 e. The Hall–Kier alpha value is -1.80. The van der Waals surface area contributed by atoms with Crippen LogP contribution in [-0.4, -0.2) is 47.7 Å². The Labute approximate surface area is 143 Å². The minimum absolute atomic E-state index is 0. The largest absolute Gasteiger partial charge is 0.481 e. The number of aliphatic carboxylic acids is 1. The van der Waals surface area contributed by atoms with E-state index in [0.717, 1.165) is 5.56 Å². The molecule has 1 aromatic rings. The number of nitrogens with one attached hydrogen (secondary N) is 1. The number of likely N-dealkylation sites (tertiary alicyclic amines) is 1. The monoisotopic (exact) mass is 366 g/mol. The molecule has 1 aliphatic rings. The van der Waals surface area contributed by atoms with Crippen LogP contribution >= 0.6 is 12.4 Å². The molecule has 1 heterocycles.